The molecule has 0 saturated carbocycles. The molecule has 4 heterocycles. The number of hydrogen-bond acceptors (Lipinski definition) is 15. The van der Waals surface area contributed by atoms with Gasteiger partial charge in [0.05, 0.1) is 0 Å². The third-order valence-electron chi connectivity index (χ3n) is 6.11. The first-order valence-electron chi connectivity index (χ1n) is 12.2. The number of thioether (sulfide) groups is 1. The van der Waals surface area contributed by atoms with Gasteiger partial charge in [0.1, 0.15) is 41.8 Å². The molecule has 42 heavy (non-hydrogen) atoms. The average molecular weight is 638 g/mol. The number of fused-ring (bicyclic) bond motifs is 1. The standard InChI is InChI=1S/C22H23N9O8S3/c32-10-23-22-25-13(8-41-22)15(27-39-12-3-1-2-4-12)18(35)26-16-19(36)30-17(21(37)38)11(6-40-20(16)30)7-42-31-24-9-29(28-31)5-14(33)34/h1,3,8-10,12,16,20,28H,2,4-7H2,(H,26,35)(H,33,34)(H,37,38)(H,23,25,32)/t12?,16?,20-/m1/s1. The lowest BCUT2D eigenvalue weighted by molar-refractivity contribution is -0.150. The number of thiazole rings is 1. The normalized spacial score (nSPS) is 23.1. The van der Waals surface area contributed by atoms with Gasteiger partial charge in [-0.15, -0.1) is 38.3 Å². The second-order valence-electron chi connectivity index (χ2n) is 8.91. The number of oxime groups is 1. The number of carbonyl (C=O) groups is 5. The Bertz CT molecular complexity index is 1410. The topological polar surface area (TPSA) is 218 Å². The fourth-order valence-electron chi connectivity index (χ4n) is 4.21. The molecule has 5 rings (SSSR count). The summed E-state index contributed by atoms with van der Waals surface area (Å²) in [4.78, 5) is 71.2. The van der Waals surface area contributed by atoms with Crippen LogP contribution in [0.5, 0.6) is 0 Å². The van der Waals surface area contributed by atoms with Crippen molar-refractivity contribution in [3.8, 4) is 0 Å². The molecular formula is C22H23N9O8S3. The minimum absolute atomic E-state index is 0.134. The molecule has 1 fully saturated rings. The lowest BCUT2D eigenvalue weighted by atomic mass is 10.0. The van der Waals surface area contributed by atoms with Gasteiger partial charge in [0.15, 0.2) is 10.8 Å². The van der Waals surface area contributed by atoms with Crippen molar-refractivity contribution in [1.82, 2.24) is 30.3 Å². The average Bonchev–Trinajstić information content (AvgIpc) is 3.73. The summed E-state index contributed by atoms with van der Waals surface area (Å²) in [5.74, 6) is -3.30. The Kier molecular flexibility index (Phi) is 8.94. The molecule has 0 bridgehead atoms. The van der Waals surface area contributed by atoms with E-state index in [0.29, 0.717) is 18.4 Å². The van der Waals surface area contributed by atoms with Gasteiger partial charge in [0.25, 0.3) is 11.8 Å². The van der Waals surface area contributed by atoms with Gasteiger partial charge in [0, 0.05) is 16.9 Å². The summed E-state index contributed by atoms with van der Waals surface area (Å²) in [5, 5.41) is 34.2. The van der Waals surface area contributed by atoms with Crippen LogP contribution in [0, 0.1) is 0 Å². The molecule has 222 valence electrons. The summed E-state index contributed by atoms with van der Waals surface area (Å²) >= 11 is 3.45. The Morgan fingerprint density at radius 3 is 2.88 bits per heavy atom. The Morgan fingerprint density at radius 1 is 1.33 bits per heavy atom. The molecule has 0 spiro atoms. The van der Waals surface area contributed by atoms with Crippen molar-refractivity contribution in [3.05, 3.63) is 34.5 Å². The monoisotopic (exact) mass is 637 g/mol. The zero-order valence-electron chi connectivity index (χ0n) is 21.4. The number of carboxylic acids is 2. The Morgan fingerprint density at radius 2 is 2.17 bits per heavy atom. The number of rotatable bonds is 13. The van der Waals surface area contributed by atoms with Gasteiger partial charge < -0.3 is 25.7 Å². The zero-order chi connectivity index (χ0) is 29.8. The van der Waals surface area contributed by atoms with E-state index in [1.54, 1.807) is 0 Å². The highest BCUT2D eigenvalue weighted by Gasteiger charge is 2.54. The molecule has 17 nitrogen and oxygen atoms in total. The lowest BCUT2D eigenvalue weighted by Crippen LogP contribution is -2.71. The first kappa shape index (κ1) is 29.4. The molecule has 3 aliphatic heterocycles. The highest BCUT2D eigenvalue weighted by Crippen LogP contribution is 2.41. The largest absolute Gasteiger partial charge is 0.480 e. The summed E-state index contributed by atoms with van der Waals surface area (Å²) in [7, 11) is 0. The fraction of sp³-hybridized carbons (Fsp3) is 0.364. The van der Waals surface area contributed by atoms with Gasteiger partial charge in [-0.05, 0) is 36.4 Å². The predicted octanol–water partition coefficient (Wildman–Crippen LogP) is -0.397. The van der Waals surface area contributed by atoms with Gasteiger partial charge in [-0.25, -0.2) is 9.78 Å². The van der Waals surface area contributed by atoms with E-state index >= 15 is 0 Å². The number of anilines is 1. The van der Waals surface area contributed by atoms with Crippen LogP contribution in [0.25, 0.3) is 0 Å². The van der Waals surface area contributed by atoms with E-state index in [2.05, 4.69) is 31.4 Å². The number of hydrazine groups is 2. The molecule has 2 unspecified atom stereocenters. The van der Waals surface area contributed by atoms with Crippen LogP contribution in [-0.2, 0) is 28.8 Å². The van der Waals surface area contributed by atoms with E-state index in [0.717, 1.165) is 34.6 Å². The molecule has 20 heteroatoms. The minimum Gasteiger partial charge on any atom is -0.480 e. The van der Waals surface area contributed by atoms with Gasteiger partial charge in [-0.2, -0.15) is 0 Å². The van der Waals surface area contributed by atoms with Crippen molar-refractivity contribution in [3.63, 3.8) is 0 Å². The van der Waals surface area contributed by atoms with Gasteiger partial charge >= 0.3 is 11.9 Å². The summed E-state index contributed by atoms with van der Waals surface area (Å²) in [6.07, 6.45) is 6.65. The highest BCUT2D eigenvalue weighted by atomic mass is 32.2. The number of β-lactam (4-membered cyclic amide) rings is 1. The first-order valence-corrected chi connectivity index (χ1v) is 15.1. The predicted molar refractivity (Wildman–Crippen MR) is 152 cm³/mol. The first-order chi connectivity index (χ1) is 20.2. The van der Waals surface area contributed by atoms with Crippen LogP contribution < -0.4 is 16.2 Å². The van der Waals surface area contributed by atoms with E-state index in [1.807, 2.05) is 12.2 Å². The minimum atomic E-state index is -1.29. The summed E-state index contributed by atoms with van der Waals surface area (Å²) < 4.78 is 1.28. The van der Waals surface area contributed by atoms with Gasteiger partial charge in [-0.1, -0.05) is 11.2 Å². The third-order valence-corrected chi connectivity index (χ3v) is 9.12. The number of carboxylic acid groups (broad SMARTS) is 2. The van der Waals surface area contributed by atoms with Crippen molar-refractivity contribution in [2.75, 3.05) is 23.4 Å². The van der Waals surface area contributed by atoms with Crippen molar-refractivity contribution < 1.29 is 39.0 Å². The molecule has 1 aliphatic carbocycles. The summed E-state index contributed by atoms with van der Waals surface area (Å²) in [5.41, 5.74) is 2.93. The van der Waals surface area contributed by atoms with Crippen molar-refractivity contribution in [1.29, 1.82) is 0 Å². The molecule has 5 N–H and O–H groups in total. The van der Waals surface area contributed by atoms with Crippen molar-refractivity contribution in [2.45, 2.75) is 30.4 Å². The van der Waals surface area contributed by atoms with Crippen LogP contribution in [0.15, 0.2) is 39.1 Å². The molecular weight excluding hydrogens is 614 g/mol. The number of aliphatic carboxylic acids is 2. The van der Waals surface area contributed by atoms with Crippen LogP contribution in [0.1, 0.15) is 18.5 Å². The number of allylic oxidation sites excluding steroid dienone is 1. The lowest BCUT2D eigenvalue weighted by Gasteiger charge is -2.49. The van der Waals surface area contributed by atoms with Gasteiger partial charge in [-0.3, -0.25) is 29.1 Å². The van der Waals surface area contributed by atoms with Crippen LogP contribution in [-0.4, -0.2) is 107 Å². The van der Waals surface area contributed by atoms with Crippen LogP contribution >= 0.6 is 35.0 Å². The number of nitrogens with zero attached hydrogens (tertiary/aromatic N) is 6. The SMILES string of the molecule is O=CNc1nc(C(=NOC2C=CCC2)C(=O)NC2C(=O)N3C(C(=O)O)=C(CSN4N=CN(CC(=O)O)N4)CS[C@H]23)cs1. The second kappa shape index (κ2) is 12.8. The number of hydrazone groups is 1. The van der Waals surface area contributed by atoms with Crippen molar-refractivity contribution >= 4 is 82.4 Å². The Labute approximate surface area is 249 Å². The summed E-state index contributed by atoms with van der Waals surface area (Å²) in [6.45, 7) is -0.327. The maximum absolute atomic E-state index is 13.3. The Balaban J connectivity index is 1.26. The number of nitrogens with one attached hydrogen (secondary N) is 3. The maximum Gasteiger partial charge on any atom is 0.352 e. The van der Waals surface area contributed by atoms with E-state index in [-0.39, 0.29) is 46.4 Å². The van der Waals surface area contributed by atoms with Crippen molar-refractivity contribution in [2.24, 2.45) is 10.3 Å². The van der Waals surface area contributed by atoms with E-state index in [9.17, 15) is 29.1 Å². The number of amides is 3. The van der Waals surface area contributed by atoms with E-state index < -0.39 is 35.2 Å². The third kappa shape index (κ3) is 6.35. The molecule has 1 aromatic rings. The number of carbonyl (C=O) groups excluding carboxylic acids is 3. The molecule has 0 aromatic carbocycles. The quantitative estimate of drug-likeness (QED) is 0.0464. The zero-order valence-corrected chi connectivity index (χ0v) is 23.9. The van der Waals surface area contributed by atoms with E-state index in [1.165, 1.54) is 33.0 Å². The molecule has 3 amide bonds. The summed E-state index contributed by atoms with van der Waals surface area (Å²) in [6, 6.07) is -1.02. The highest BCUT2D eigenvalue weighted by molar-refractivity contribution is 8.00. The van der Waals surface area contributed by atoms with Crippen LogP contribution in [0.4, 0.5) is 5.13 Å². The second-order valence-corrected chi connectivity index (χ2v) is 11.8. The molecule has 1 saturated heterocycles. The number of hydrogen-bond donors (Lipinski definition) is 5. The molecule has 0 radical (unpaired) electrons. The fourth-order valence-corrected chi connectivity index (χ4v) is 7.13. The molecule has 4 aliphatic rings. The Hall–Kier alpha value is -4.14. The van der Waals surface area contributed by atoms with Gasteiger partial charge in [0.2, 0.25) is 6.41 Å². The smallest absolute Gasteiger partial charge is 0.352 e. The van der Waals surface area contributed by atoms with E-state index in [4.69, 9.17) is 9.94 Å². The van der Waals surface area contributed by atoms with Crippen LogP contribution in [0.2, 0.25) is 0 Å². The van der Waals surface area contributed by atoms with Crippen LogP contribution in [0.3, 0.4) is 0 Å². The number of aromatic nitrogens is 1. The molecule has 1 aromatic heterocycles. The molecule has 3 atom stereocenters. The maximum atomic E-state index is 13.3.